The van der Waals surface area contributed by atoms with Crippen LogP contribution in [0.1, 0.15) is 5.56 Å². The number of fused-ring (bicyclic) bond motifs is 3. The van der Waals surface area contributed by atoms with Gasteiger partial charge in [0.05, 0.1) is 5.39 Å². The van der Waals surface area contributed by atoms with Crippen LogP contribution >= 0.6 is 0 Å². The molecule has 6 heteroatoms. The molecule has 22 heavy (non-hydrogen) atoms. The van der Waals surface area contributed by atoms with Crippen LogP contribution in [0.15, 0.2) is 52.2 Å². The van der Waals surface area contributed by atoms with E-state index in [1.165, 1.54) is 12.1 Å². The summed E-state index contributed by atoms with van der Waals surface area (Å²) in [5.41, 5.74) is 0.150. The monoisotopic (exact) mass is 306 g/mol. The van der Waals surface area contributed by atoms with Gasteiger partial charge in [-0.15, -0.1) is 13.2 Å². The molecule has 2 aromatic carbocycles. The van der Waals surface area contributed by atoms with Gasteiger partial charge in [-0.05, 0) is 29.1 Å². The zero-order chi connectivity index (χ0) is 15.9. The third-order valence-corrected chi connectivity index (χ3v) is 3.18. The van der Waals surface area contributed by atoms with Gasteiger partial charge < -0.3 is 9.15 Å². The lowest BCUT2D eigenvalue weighted by atomic mass is 10.0. The zero-order valence-corrected chi connectivity index (χ0v) is 11.1. The second-order valence-corrected chi connectivity index (χ2v) is 4.60. The molecule has 0 aliphatic carbocycles. The maximum absolute atomic E-state index is 12.2. The fraction of sp³-hybridized carbons (Fsp3) is 0.0625. The summed E-state index contributed by atoms with van der Waals surface area (Å²) < 4.78 is 45.6. The third kappa shape index (κ3) is 2.55. The molecule has 0 bridgehead atoms. The van der Waals surface area contributed by atoms with Gasteiger partial charge in [0.2, 0.25) is 0 Å². The molecule has 0 N–H and O–H groups in total. The van der Waals surface area contributed by atoms with Gasteiger partial charge in [-0.2, -0.15) is 0 Å². The molecule has 0 saturated heterocycles. The number of alkyl halides is 3. The molecule has 0 aliphatic rings. The van der Waals surface area contributed by atoms with E-state index < -0.39 is 17.7 Å². The number of rotatable bonds is 2. The first-order valence-electron chi connectivity index (χ1n) is 6.26. The lowest BCUT2D eigenvalue weighted by Crippen LogP contribution is -2.17. The highest BCUT2D eigenvalue weighted by atomic mass is 19.4. The Morgan fingerprint density at radius 1 is 1.05 bits per heavy atom. The van der Waals surface area contributed by atoms with E-state index in [1.54, 1.807) is 24.3 Å². The molecular formula is C16H9F3O3. The molecule has 0 radical (unpaired) electrons. The molecule has 112 valence electrons. The van der Waals surface area contributed by atoms with Crippen LogP contribution in [0.2, 0.25) is 0 Å². The van der Waals surface area contributed by atoms with Gasteiger partial charge in [0, 0.05) is 11.5 Å². The molecule has 0 unspecified atom stereocenters. The van der Waals surface area contributed by atoms with Crippen LogP contribution < -0.4 is 10.4 Å². The third-order valence-electron chi connectivity index (χ3n) is 3.18. The van der Waals surface area contributed by atoms with E-state index in [2.05, 4.69) is 11.3 Å². The molecule has 1 aromatic heterocycles. The van der Waals surface area contributed by atoms with Crippen LogP contribution in [0.3, 0.4) is 0 Å². The standard InChI is InChI=1S/C16H9F3O3/c1-2-9-3-5-11-12-6-4-10(22-16(17,18)19)8-14(12)21-15(20)13(11)7-9/h2-8H,1H2. The maximum Gasteiger partial charge on any atom is 0.573 e. The summed E-state index contributed by atoms with van der Waals surface area (Å²) in [6, 6.07) is 8.73. The Kier molecular flexibility index (Phi) is 3.16. The van der Waals surface area contributed by atoms with Crippen LogP contribution in [0.4, 0.5) is 13.2 Å². The van der Waals surface area contributed by atoms with Crippen molar-refractivity contribution in [2.75, 3.05) is 0 Å². The summed E-state index contributed by atoms with van der Waals surface area (Å²) in [5, 5.41) is 1.46. The Bertz CT molecular complexity index is 939. The predicted octanol–water partition coefficient (Wildman–Crippen LogP) is 4.49. The van der Waals surface area contributed by atoms with Gasteiger partial charge in [0.25, 0.3) is 0 Å². The molecule has 0 fully saturated rings. The number of hydrogen-bond acceptors (Lipinski definition) is 3. The van der Waals surface area contributed by atoms with Gasteiger partial charge in [-0.1, -0.05) is 24.8 Å². The van der Waals surface area contributed by atoms with E-state index in [4.69, 9.17) is 4.42 Å². The number of halogens is 3. The van der Waals surface area contributed by atoms with Crippen molar-refractivity contribution in [2.45, 2.75) is 6.36 Å². The Hall–Kier alpha value is -2.76. The van der Waals surface area contributed by atoms with E-state index in [0.717, 1.165) is 11.6 Å². The SMILES string of the molecule is C=Cc1ccc2c(c1)c(=O)oc1cc(OC(F)(F)F)ccc12. The van der Waals surface area contributed by atoms with Gasteiger partial charge in [-0.3, -0.25) is 0 Å². The highest BCUT2D eigenvalue weighted by molar-refractivity contribution is 6.05. The molecular weight excluding hydrogens is 297 g/mol. The Morgan fingerprint density at radius 2 is 1.77 bits per heavy atom. The van der Waals surface area contributed by atoms with Gasteiger partial charge in [0.1, 0.15) is 11.3 Å². The van der Waals surface area contributed by atoms with E-state index in [-0.39, 0.29) is 5.58 Å². The summed E-state index contributed by atoms with van der Waals surface area (Å²) in [4.78, 5) is 12.0. The second-order valence-electron chi connectivity index (χ2n) is 4.60. The first-order chi connectivity index (χ1) is 10.4. The van der Waals surface area contributed by atoms with Crippen molar-refractivity contribution in [2.24, 2.45) is 0 Å². The van der Waals surface area contributed by atoms with E-state index in [9.17, 15) is 18.0 Å². The quantitative estimate of drug-likeness (QED) is 0.517. The lowest BCUT2D eigenvalue weighted by Gasteiger charge is -2.09. The number of benzene rings is 2. The molecule has 0 atom stereocenters. The van der Waals surface area contributed by atoms with Crippen molar-refractivity contribution in [1.29, 1.82) is 0 Å². The predicted molar refractivity (Wildman–Crippen MR) is 76.8 cm³/mol. The van der Waals surface area contributed by atoms with Gasteiger partial charge in [0.15, 0.2) is 0 Å². The zero-order valence-electron chi connectivity index (χ0n) is 11.1. The minimum absolute atomic E-state index is 0.0330. The van der Waals surface area contributed by atoms with Crippen LogP contribution in [0.25, 0.3) is 27.8 Å². The average molecular weight is 306 g/mol. The van der Waals surface area contributed by atoms with Crippen LogP contribution in [-0.2, 0) is 0 Å². The fourth-order valence-corrected chi connectivity index (χ4v) is 2.25. The second kappa shape index (κ2) is 4.91. The van der Waals surface area contributed by atoms with Crippen LogP contribution in [-0.4, -0.2) is 6.36 Å². The summed E-state index contributed by atoms with van der Waals surface area (Å²) >= 11 is 0. The molecule has 1 heterocycles. The van der Waals surface area contributed by atoms with E-state index in [1.807, 2.05) is 0 Å². The summed E-state index contributed by atoms with van der Waals surface area (Å²) in [7, 11) is 0. The van der Waals surface area contributed by atoms with Gasteiger partial charge >= 0.3 is 12.0 Å². The highest BCUT2D eigenvalue weighted by Gasteiger charge is 2.31. The minimum atomic E-state index is -4.80. The smallest absolute Gasteiger partial charge is 0.422 e. The van der Waals surface area contributed by atoms with Crippen molar-refractivity contribution in [1.82, 2.24) is 0 Å². The lowest BCUT2D eigenvalue weighted by molar-refractivity contribution is -0.274. The van der Waals surface area contributed by atoms with Crippen molar-refractivity contribution in [3.8, 4) is 5.75 Å². The molecule has 0 aliphatic heterocycles. The van der Waals surface area contributed by atoms with Gasteiger partial charge in [-0.25, -0.2) is 4.79 Å². The average Bonchev–Trinajstić information content (AvgIpc) is 2.45. The van der Waals surface area contributed by atoms with E-state index >= 15 is 0 Å². The number of hydrogen-bond donors (Lipinski definition) is 0. The summed E-state index contributed by atoms with van der Waals surface area (Å²) in [5.74, 6) is -0.440. The molecule has 3 nitrogen and oxygen atoms in total. The topological polar surface area (TPSA) is 39.4 Å². The van der Waals surface area contributed by atoms with Crippen molar-refractivity contribution in [3.63, 3.8) is 0 Å². The van der Waals surface area contributed by atoms with Crippen molar-refractivity contribution in [3.05, 3.63) is 59.0 Å². The molecule has 0 amide bonds. The van der Waals surface area contributed by atoms with E-state index in [0.29, 0.717) is 16.2 Å². The largest absolute Gasteiger partial charge is 0.573 e. The Labute approximate surface area is 122 Å². The fourth-order valence-electron chi connectivity index (χ4n) is 2.25. The molecule has 0 spiro atoms. The molecule has 0 saturated carbocycles. The van der Waals surface area contributed by atoms with Crippen molar-refractivity contribution >= 4 is 27.8 Å². The molecule has 3 aromatic rings. The number of ether oxygens (including phenoxy) is 1. The Balaban J connectivity index is 2.26. The molecule has 3 rings (SSSR count). The van der Waals surface area contributed by atoms with Crippen LogP contribution in [0.5, 0.6) is 5.75 Å². The first-order valence-corrected chi connectivity index (χ1v) is 6.26. The van der Waals surface area contributed by atoms with Crippen molar-refractivity contribution < 1.29 is 22.3 Å². The minimum Gasteiger partial charge on any atom is -0.422 e. The Morgan fingerprint density at radius 3 is 2.45 bits per heavy atom. The highest BCUT2D eigenvalue weighted by Crippen LogP contribution is 2.29. The van der Waals surface area contributed by atoms with Crippen LogP contribution in [0, 0.1) is 0 Å². The first kappa shape index (κ1) is 14.2. The normalized spacial score (nSPS) is 11.8. The maximum atomic E-state index is 12.2. The summed E-state index contributed by atoms with van der Waals surface area (Å²) in [6.45, 7) is 3.62. The summed E-state index contributed by atoms with van der Waals surface area (Å²) in [6.07, 6.45) is -3.22.